The molecule has 0 aliphatic heterocycles. The van der Waals surface area contributed by atoms with Crippen molar-refractivity contribution in [1.29, 1.82) is 0 Å². The second kappa shape index (κ2) is 10.9. The van der Waals surface area contributed by atoms with Gasteiger partial charge in [0.05, 0.1) is 34.4 Å². The maximum Gasteiger partial charge on any atom is 0.238 e. The summed E-state index contributed by atoms with van der Waals surface area (Å²) in [5, 5.41) is 5.62. The Morgan fingerprint density at radius 1 is 0.828 bits per heavy atom. The van der Waals surface area contributed by atoms with E-state index in [4.69, 9.17) is 14.2 Å². The van der Waals surface area contributed by atoms with Crippen LogP contribution >= 0.6 is 0 Å². The van der Waals surface area contributed by atoms with E-state index in [-0.39, 0.29) is 24.9 Å². The van der Waals surface area contributed by atoms with Crippen LogP contribution in [0, 0.1) is 0 Å². The van der Waals surface area contributed by atoms with Crippen LogP contribution in [0.25, 0.3) is 0 Å². The summed E-state index contributed by atoms with van der Waals surface area (Å²) >= 11 is 0. The molecule has 0 aliphatic carbocycles. The smallest absolute Gasteiger partial charge is 0.238 e. The zero-order valence-corrected chi connectivity index (χ0v) is 17.2. The lowest BCUT2D eigenvalue weighted by Crippen LogP contribution is -2.38. The van der Waals surface area contributed by atoms with Gasteiger partial charge in [-0.1, -0.05) is 13.0 Å². The Bertz CT molecular complexity index is 841. The van der Waals surface area contributed by atoms with Gasteiger partial charge in [0, 0.05) is 23.5 Å². The van der Waals surface area contributed by atoms with Gasteiger partial charge in [-0.3, -0.25) is 14.5 Å². The lowest BCUT2D eigenvalue weighted by molar-refractivity contribution is -0.119. The first-order chi connectivity index (χ1) is 14.0. The molecule has 2 N–H and O–H groups in total. The number of nitrogens with one attached hydrogen (secondary N) is 2. The molecule has 29 heavy (non-hydrogen) atoms. The van der Waals surface area contributed by atoms with Crippen molar-refractivity contribution in [2.75, 3.05) is 51.6 Å². The molecular formula is C21H27N3O5. The fourth-order valence-corrected chi connectivity index (χ4v) is 2.70. The van der Waals surface area contributed by atoms with E-state index in [0.29, 0.717) is 35.2 Å². The summed E-state index contributed by atoms with van der Waals surface area (Å²) in [5.41, 5.74) is 1.23. The highest BCUT2D eigenvalue weighted by Crippen LogP contribution is 2.29. The molecule has 0 unspecified atom stereocenters. The van der Waals surface area contributed by atoms with Crippen LogP contribution in [-0.4, -0.2) is 57.7 Å². The Kier molecular flexibility index (Phi) is 8.29. The predicted octanol–water partition coefficient (Wildman–Crippen LogP) is 2.61. The van der Waals surface area contributed by atoms with Crippen molar-refractivity contribution in [2.45, 2.75) is 6.92 Å². The van der Waals surface area contributed by atoms with Crippen LogP contribution in [0.5, 0.6) is 17.2 Å². The largest absolute Gasteiger partial charge is 0.497 e. The second-order valence-electron chi connectivity index (χ2n) is 6.20. The molecule has 8 heteroatoms. The fourth-order valence-electron chi connectivity index (χ4n) is 2.70. The maximum atomic E-state index is 12.4. The van der Waals surface area contributed by atoms with Crippen LogP contribution in [0.1, 0.15) is 6.92 Å². The first-order valence-corrected chi connectivity index (χ1v) is 9.17. The molecule has 0 atom stereocenters. The highest BCUT2D eigenvalue weighted by atomic mass is 16.5. The summed E-state index contributed by atoms with van der Waals surface area (Å²) in [6.07, 6.45) is 0. The minimum Gasteiger partial charge on any atom is -0.497 e. The number of likely N-dealkylation sites (N-methyl/N-ethyl adjacent to an activating group) is 1. The molecule has 2 rings (SSSR count). The van der Waals surface area contributed by atoms with Gasteiger partial charge in [-0.05, 0) is 30.8 Å². The van der Waals surface area contributed by atoms with E-state index in [1.807, 2.05) is 6.92 Å². The van der Waals surface area contributed by atoms with Crippen molar-refractivity contribution in [2.24, 2.45) is 0 Å². The summed E-state index contributed by atoms with van der Waals surface area (Å²) in [4.78, 5) is 26.4. The Labute approximate surface area is 170 Å². The van der Waals surface area contributed by atoms with Crippen molar-refractivity contribution in [3.05, 3.63) is 42.5 Å². The molecule has 0 saturated heterocycles. The number of nitrogens with zero attached hydrogens (tertiary/aromatic N) is 1. The summed E-state index contributed by atoms with van der Waals surface area (Å²) in [5.74, 6) is 1.32. The van der Waals surface area contributed by atoms with Crippen molar-refractivity contribution in [3.63, 3.8) is 0 Å². The molecule has 0 heterocycles. The second-order valence-corrected chi connectivity index (χ2v) is 6.20. The number of hydrogen-bond donors (Lipinski definition) is 2. The van der Waals surface area contributed by atoms with Crippen LogP contribution in [-0.2, 0) is 9.59 Å². The number of ether oxygens (including phenoxy) is 3. The molecule has 0 aromatic heterocycles. The first-order valence-electron chi connectivity index (χ1n) is 9.17. The summed E-state index contributed by atoms with van der Waals surface area (Å²) in [6.45, 7) is 2.61. The molecule has 2 aromatic rings. The van der Waals surface area contributed by atoms with E-state index in [0.717, 1.165) is 0 Å². The molecule has 0 radical (unpaired) electrons. The van der Waals surface area contributed by atoms with Gasteiger partial charge in [-0.15, -0.1) is 0 Å². The van der Waals surface area contributed by atoms with Gasteiger partial charge < -0.3 is 24.8 Å². The molecule has 2 amide bonds. The standard InChI is InChI=1S/C21H27N3O5/c1-5-24(13-20(25)22-15-7-6-8-17(11-15)27-2)14-21(26)23-16-9-10-18(28-3)19(12-16)29-4/h6-12H,5,13-14H2,1-4H3,(H,22,25)(H,23,26). The van der Waals surface area contributed by atoms with Crippen molar-refractivity contribution < 1.29 is 23.8 Å². The molecule has 0 fully saturated rings. The molecule has 8 nitrogen and oxygen atoms in total. The van der Waals surface area contributed by atoms with E-state index in [9.17, 15) is 9.59 Å². The van der Waals surface area contributed by atoms with Gasteiger partial charge in [0.2, 0.25) is 11.8 Å². The topological polar surface area (TPSA) is 89.1 Å². The maximum absolute atomic E-state index is 12.4. The molecular weight excluding hydrogens is 374 g/mol. The fraction of sp³-hybridized carbons (Fsp3) is 0.333. The third kappa shape index (κ3) is 6.69. The van der Waals surface area contributed by atoms with E-state index in [2.05, 4.69) is 10.6 Å². The predicted molar refractivity (Wildman–Crippen MR) is 112 cm³/mol. The van der Waals surface area contributed by atoms with Gasteiger partial charge in [0.25, 0.3) is 0 Å². The number of methoxy groups -OCH3 is 3. The number of anilines is 2. The number of carbonyl (C=O) groups excluding carboxylic acids is 2. The average molecular weight is 401 g/mol. The Hall–Kier alpha value is -3.26. The van der Waals surface area contributed by atoms with Gasteiger partial charge in [-0.25, -0.2) is 0 Å². The van der Waals surface area contributed by atoms with Crippen LogP contribution < -0.4 is 24.8 Å². The monoisotopic (exact) mass is 401 g/mol. The number of carbonyl (C=O) groups is 2. The molecule has 0 aliphatic rings. The van der Waals surface area contributed by atoms with E-state index in [1.165, 1.54) is 7.11 Å². The van der Waals surface area contributed by atoms with Crippen LogP contribution in [0.2, 0.25) is 0 Å². The highest BCUT2D eigenvalue weighted by molar-refractivity contribution is 5.95. The van der Waals surface area contributed by atoms with Crippen molar-refractivity contribution in [1.82, 2.24) is 4.90 Å². The van der Waals surface area contributed by atoms with Gasteiger partial charge in [-0.2, -0.15) is 0 Å². The third-order valence-electron chi connectivity index (χ3n) is 4.20. The highest BCUT2D eigenvalue weighted by Gasteiger charge is 2.14. The average Bonchev–Trinajstić information content (AvgIpc) is 2.73. The minimum atomic E-state index is -0.228. The molecule has 0 saturated carbocycles. The zero-order chi connectivity index (χ0) is 21.2. The van der Waals surface area contributed by atoms with Crippen LogP contribution in [0.4, 0.5) is 11.4 Å². The quantitative estimate of drug-likeness (QED) is 0.636. The van der Waals surface area contributed by atoms with E-state index < -0.39 is 0 Å². The lowest BCUT2D eigenvalue weighted by atomic mass is 10.2. The van der Waals surface area contributed by atoms with Crippen LogP contribution in [0.15, 0.2) is 42.5 Å². The molecule has 2 aromatic carbocycles. The number of hydrogen-bond acceptors (Lipinski definition) is 6. The van der Waals surface area contributed by atoms with E-state index >= 15 is 0 Å². The van der Waals surface area contributed by atoms with Crippen molar-refractivity contribution in [3.8, 4) is 17.2 Å². The summed E-state index contributed by atoms with van der Waals surface area (Å²) in [7, 11) is 4.64. The van der Waals surface area contributed by atoms with Gasteiger partial charge >= 0.3 is 0 Å². The SMILES string of the molecule is CCN(CC(=O)Nc1cccc(OC)c1)CC(=O)Nc1ccc(OC)c(OC)c1. The molecule has 0 bridgehead atoms. The Morgan fingerprint density at radius 2 is 1.45 bits per heavy atom. The lowest BCUT2D eigenvalue weighted by Gasteiger charge is -2.19. The van der Waals surface area contributed by atoms with Crippen LogP contribution in [0.3, 0.4) is 0 Å². The summed E-state index contributed by atoms with van der Waals surface area (Å²) in [6, 6.07) is 12.2. The third-order valence-corrected chi connectivity index (χ3v) is 4.20. The molecule has 0 spiro atoms. The number of amides is 2. The number of rotatable bonds is 10. The van der Waals surface area contributed by atoms with E-state index in [1.54, 1.807) is 61.6 Å². The Balaban J connectivity index is 1.91. The Morgan fingerprint density at radius 3 is 2.00 bits per heavy atom. The van der Waals surface area contributed by atoms with Gasteiger partial charge in [0.15, 0.2) is 11.5 Å². The first kappa shape index (κ1) is 22.0. The van der Waals surface area contributed by atoms with Gasteiger partial charge in [0.1, 0.15) is 5.75 Å². The minimum absolute atomic E-state index is 0.0797. The zero-order valence-electron chi connectivity index (χ0n) is 17.2. The normalized spacial score (nSPS) is 10.4. The summed E-state index contributed by atoms with van der Waals surface area (Å²) < 4.78 is 15.6. The van der Waals surface area contributed by atoms with Crippen molar-refractivity contribution >= 4 is 23.2 Å². The number of benzene rings is 2. The molecule has 156 valence electrons.